The Bertz CT molecular complexity index is 320. The molecule has 1 unspecified atom stereocenters. The summed E-state index contributed by atoms with van der Waals surface area (Å²) in [6.07, 6.45) is 4.81. The molecule has 3 heteroatoms. The molecule has 0 amide bonds. The quantitative estimate of drug-likeness (QED) is 0.910. The second kappa shape index (κ2) is 5.08. The van der Waals surface area contributed by atoms with Crippen molar-refractivity contribution in [3.8, 4) is 0 Å². The summed E-state index contributed by atoms with van der Waals surface area (Å²) < 4.78 is 0.912. The van der Waals surface area contributed by atoms with Crippen LogP contribution < -0.4 is 0 Å². The van der Waals surface area contributed by atoms with Crippen LogP contribution in [0.3, 0.4) is 0 Å². The third-order valence-electron chi connectivity index (χ3n) is 2.28. The van der Waals surface area contributed by atoms with Crippen molar-refractivity contribution in [3.05, 3.63) is 28.5 Å². The standard InChI is InChI=1S/C12H18BrNO/c1-12(2,3)5-4-11(15)9-6-10(13)8-14-7-9/h6-8,11,15H,4-5H2,1-3H3. The van der Waals surface area contributed by atoms with Gasteiger partial charge in [-0.2, -0.15) is 0 Å². The Balaban J connectivity index is 2.58. The third-order valence-corrected chi connectivity index (χ3v) is 2.71. The lowest BCUT2D eigenvalue weighted by atomic mass is 9.88. The molecule has 0 spiro atoms. The first kappa shape index (κ1) is 12.7. The lowest BCUT2D eigenvalue weighted by molar-refractivity contribution is 0.147. The van der Waals surface area contributed by atoms with Gasteiger partial charge in [-0.05, 0) is 45.8 Å². The van der Waals surface area contributed by atoms with Gasteiger partial charge in [-0.3, -0.25) is 4.98 Å². The molecule has 0 fully saturated rings. The van der Waals surface area contributed by atoms with Crippen LogP contribution in [0.1, 0.15) is 45.3 Å². The fourth-order valence-corrected chi connectivity index (χ4v) is 1.73. The summed E-state index contributed by atoms with van der Waals surface area (Å²) in [7, 11) is 0. The molecule has 0 saturated heterocycles. The van der Waals surface area contributed by atoms with Crippen molar-refractivity contribution in [1.82, 2.24) is 4.98 Å². The number of hydrogen-bond acceptors (Lipinski definition) is 2. The summed E-state index contributed by atoms with van der Waals surface area (Å²) in [5.41, 5.74) is 1.15. The fraction of sp³-hybridized carbons (Fsp3) is 0.583. The van der Waals surface area contributed by atoms with Gasteiger partial charge in [0.25, 0.3) is 0 Å². The maximum Gasteiger partial charge on any atom is 0.0805 e. The Hall–Kier alpha value is -0.410. The summed E-state index contributed by atoms with van der Waals surface area (Å²) >= 11 is 3.35. The van der Waals surface area contributed by atoms with E-state index in [9.17, 15) is 5.11 Å². The molecule has 1 atom stereocenters. The highest BCUT2D eigenvalue weighted by Crippen LogP contribution is 2.27. The first-order valence-corrected chi connectivity index (χ1v) is 5.96. The molecular weight excluding hydrogens is 254 g/mol. The van der Waals surface area contributed by atoms with Crippen LogP contribution in [-0.2, 0) is 0 Å². The summed E-state index contributed by atoms with van der Waals surface area (Å²) in [6.45, 7) is 6.54. The van der Waals surface area contributed by atoms with Gasteiger partial charge in [-0.15, -0.1) is 0 Å². The lowest BCUT2D eigenvalue weighted by Crippen LogP contribution is -2.08. The van der Waals surface area contributed by atoms with Gasteiger partial charge >= 0.3 is 0 Å². The molecule has 1 heterocycles. The Morgan fingerprint density at radius 2 is 2.07 bits per heavy atom. The van der Waals surface area contributed by atoms with Crippen LogP contribution in [-0.4, -0.2) is 10.1 Å². The summed E-state index contributed by atoms with van der Waals surface area (Å²) in [6, 6.07) is 1.92. The van der Waals surface area contributed by atoms with Crippen molar-refractivity contribution in [1.29, 1.82) is 0 Å². The van der Waals surface area contributed by atoms with Crippen molar-refractivity contribution >= 4 is 15.9 Å². The van der Waals surface area contributed by atoms with E-state index in [1.807, 2.05) is 6.07 Å². The molecule has 0 bridgehead atoms. The highest BCUT2D eigenvalue weighted by Gasteiger charge is 2.15. The molecule has 1 rings (SSSR count). The molecule has 1 N–H and O–H groups in total. The first-order chi connectivity index (χ1) is 6.88. The second-order valence-corrected chi connectivity index (χ2v) is 5.97. The molecule has 1 aromatic rings. The van der Waals surface area contributed by atoms with Crippen molar-refractivity contribution in [2.45, 2.75) is 39.7 Å². The Morgan fingerprint density at radius 1 is 1.40 bits per heavy atom. The fourth-order valence-electron chi connectivity index (χ4n) is 1.35. The lowest BCUT2D eigenvalue weighted by Gasteiger charge is -2.20. The molecule has 1 aromatic heterocycles. The van der Waals surface area contributed by atoms with E-state index in [1.165, 1.54) is 0 Å². The third kappa shape index (κ3) is 4.76. The van der Waals surface area contributed by atoms with E-state index in [2.05, 4.69) is 41.7 Å². The first-order valence-electron chi connectivity index (χ1n) is 5.17. The maximum atomic E-state index is 9.95. The van der Waals surface area contributed by atoms with Gasteiger partial charge in [0, 0.05) is 16.9 Å². The van der Waals surface area contributed by atoms with Gasteiger partial charge in [-0.1, -0.05) is 20.8 Å². The Labute approximate surface area is 99.9 Å². The predicted octanol–water partition coefficient (Wildman–Crippen LogP) is 3.70. The highest BCUT2D eigenvalue weighted by atomic mass is 79.9. The van der Waals surface area contributed by atoms with E-state index in [0.29, 0.717) is 0 Å². The number of halogens is 1. The number of aromatic nitrogens is 1. The molecule has 0 aliphatic heterocycles. The Morgan fingerprint density at radius 3 is 2.60 bits per heavy atom. The second-order valence-electron chi connectivity index (χ2n) is 5.05. The minimum absolute atomic E-state index is 0.264. The number of aliphatic hydroxyl groups excluding tert-OH is 1. The smallest absolute Gasteiger partial charge is 0.0805 e. The van der Waals surface area contributed by atoms with Crippen LogP contribution in [0.2, 0.25) is 0 Å². The van der Waals surface area contributed by atoms with Crippen LogP contribution in [0.4, 0.5) is 0 Å². The molecule has 15 heavy (non-hydrogen) atoms. The summed E-state index contributed by atoms with van der Waals surface area (Å²) in [5, 5.41) is 9.95. The molecular formula is C12H18BrNO. The molecule has 0 radical (unpaired) electrons. The van der Waals surface area contributed by atoms with E-state index in [-0.39, 0.29) is 5.41 Å². The van der Waals surface area contributed by atoms with Crippen LogP contribution in [0, 0.1) is 5.41 Å². The minimum atomic E-state index is -0.408. The van der Waals surface area contributed by atoms with Gasteiger partial charge in [0.2, 0.25) is 0 Å². The zero-order chi connectivity index (χ0) is 11.5. The number of pyridine rings is 1. The minimum Gasteiger partial charge on any atom is -0.388 e. The van der Waals surface area contributed by atoms with Gasteiger partial charge in [0.1, 0.15) is 0 Å². The van der Waals surface area contributed by atoms with Gasteiger partial charge in [0.15, 0.2) is 0 Å². The van der Waals surface area contributed by atoms with Crippen LogP contribution in [0.25, 0.3) is 0 Å². The summed E-state index contributed by atoms with van der Waals surface area (Å²) in [5.74, 6) is 0. The van der Waals surface area contributed by atoms with E-state index in [1.54, 1.807) is 12.4 Å². The SMILES string of the molecule is CC(C)(C)CCC(O)c1cncc(Br)c1. The summed E-state index contributed by atoms with van der Waals surface area (Å²) in [4.78, 5) is 4.04. The molecule has 84 valence electrons. The van der Waals surface area contributed by atoms with Crippen molar-refractivity contribution in [2.24, 2.45) is 5.41 Å². The zero-order valence-electron chi connectivity index (χ0n) is 9.50. The number of nitrogens with zero attached hydrogens (tertiary/aromatic N) is 1. The topological polar surface area (TPSA) is 33.1 Å². The van der Waals surface area contributed by atoms with Gasteiger partial charge in [-0.25, -0.2) is 0 Å². The molecule has 0 aliphatic carbocycles. The van der Waals surface area contributed by atoms with Gasteiger partial charge in [0.05, 0.1) is 6.10 Å². The Kier molecular flexibility index (Phi) is 4.29. The van der Waals surface area contributed by atoms with E-state index < -0.39 is 6.10 Å². The molecule has 2 nitrogen and oxygen atoms in total. The number of aliphatic hydroxyl groups is 1. The van der Waals surface area contributed by atoms with Crippen molar-refractivity contribution < 1.29 is 5.11 Å². The maximum absolute atomic E-state index is 9.95. The van der Waals surface area contributed by atoms with Crippen LogP contribution in [0.5, 0.6) is 0 Å². The molecule has 0 aliphatic rings. The number of hydrogen-bond donors (Lipinski definition) is 1. The molecule has 0 saturated carbocycles. The van der Waals surface area contributed by atoms with E-state index >= 15 is 0 Å². The largest absolute Gasteiger partial charge is 0.388 e. The van der Waals surface area contributed by atoms with Crippen LogP contribution in [0.15, 0.2) is 22.9 Å². The highest BCUT2D eigenvalue weighted by molar-refractivity contribution is 9.10. The van der Waals surface area contributed by atoms with E-state index in [4.69, 9.17) is 0 Å². The average Bonchev–Trinajstić information content (AvgIpc) is 2.13. The monoisotopic (exact) mass is 271 g/mol. The normalized spacial score (nSPS) is 13.9. The predicted molar refractivity (Wildman–Crippen MR) is 65.6 cm³/mol. The van der Waals surface area contributed by atoms with Gasteiger partial charge < -0.3 is 5.11 Å². The number of rotatable bonds is 3. The van der Waals surface area contributed by atoms with Crippen molar-refractivity contribution in [3.63, 3.8) is 0 Å². The zero-order valence-corrected chi connectivity index (χ0v) is 11.1. The van der Waals surface area contributed by atoms with Crippen molar-refractivity contribution in [2.75, 3.05) is 0 Å². The average molecular weight is 272 g/mol. The van der Waals surface area contributed by atoms with E-state index in [0.717, 1.165) is 22.9 Å². The van der Waals surface area contributed by atoms with Crippen LogP contribution >= 0.6 is 15.9 Å². The molecule has 0 aromatic carbocycles.